The fourth-order valence-electron chi connectivity index (χ4n) is 1.68. The van der Waals surface area contributed by atoms with E-state index in [0.29, 0.717) is 16.4 Å². The molecule has 1 aromatic heterocycles. The summed E-state index contributed by atoms with van der Waals surface area (Å²) in [5, 5.41) is 12.7. The van der Waals surface area contributed by atoms with Crippen LogP contribution in [0.2, 0.25) is 5.02 Å². The first kappa shape index (κ1) is 13.0. The molecular weight excluding hydrogens is 276 g/mol. The Hall–Kier alpha value is -1.44. The molecule has 0 atom stereocenters. The van der Waals surface area contributed by atoms with Gasteiger partial charge in [0.05, 0.1) is 0 Å². The minimum Gasteiger partial charge on any atom is -0.300 e. The van der Waals surface area contributed by atoms with Crippen molar-refractivity contribution in [2.24, 2.45) is 12.2 Å². The van der Waals surface area contributed by atoms with Gasteiger partial charge in [-0.25, -0.2) is 13.6 Å². The molecule has 1 aromatic carbocycles. The third-order valence-corrected chi connectivity index (χ3v) is 3.47. The van der Waals surface area contributed by atoms with Crippen LogP contribution in [0, 0.1) is 6.92 Å². The van der Waals surface area contributed by atoms with Crippen LogP contribution in [0.1, 0.15) is 5.56 Å². The summed E-state index contributed by atoms with van der Waals surface area (Å²) in [6.45, 7) is 1.88. The number of hydrogen-bond donors (Lipinski definition) is 1. The van der Waals surface area contributed by atoms with Gasteiger partial charge in [-0.15, -0.1) is 10.2 Å². The van der Waals surface area contributed by atoms with Crippen LogP contribution in [0.4, 0.5) is 0 Å². The molecule has 8 heteroatoms. The van der Waals surface area contributed by atoms with Gasteiger partial charge in [0, 0.05) is 17.6 Å². The van der Waals surface area contributed by atoms with Crippen LogP contribution in [0.3, 0.4) is 0 Å². The fourth-order valence-corrected chi connectivity index (χ4v) is 2.59. The number of sulfonamides is 1. The van der Waals surface area contributed by atoms with E-state index in [2.05, 4.69) is 10.2 Å². The average molecular weight is 287 g/mol. The Morgan fingerprint density at radius 3 is 2.44 bits per heavy atom. The zero-order valence-corrected chi connectivity index (χ0v) is 11.3. The maximum absolute atomic E-state index is 11.3. The zero-order chi connectivity index (χ0) is 13.5. The third-order valence-electron chi connectivity index (χ3n) is 2.39. The summed E-state index contributed by atoms with van der Waals surface area (Å²) in [7, 11) is -2.35. The lowest BCUT2D eigenvalue weighted by Crippen LogP contribution is -2.17. The van der Waals surface area contributed by atoms with Gasteiger partial charge in [-0.2, -0.15) is 0 Å². The Balaban J connectivity index is 2.63. The number of rotatable bonds is 2. The van der Waals surface area contributed by atoms with Crippen molar-refractivity contribution in [3.63, 3.8) is 0 Å². The maximum atomic E-state index is 11.3. The molecule has 2 aromatic rings. The minimum absolute atomic E-state index is 0.282. The van der Waals surface area contributed by atoms with Crippen molar-refractivity contribution in [3.05, 3.63) is 28.8 Å². The van der Waals surface area contributed by atoms with E-state index >= 15 is 0 Å². The molecule has 0 amide bonds. The Morgan fingerprint density at radius 2 is 1.94 bits per heavy atom. The van der Waals surface area contributed by atoms with Crippen LogP contribution in [0.25, 0.3) is 11.4 Å². The molecule has 0 saturated carbocycles. The molecule has 0 bridgehead atoms. The highest BCUT2D eigenvalue weighted by atomic mass is 35.5. The number of aromatic nitrogens is 3. The van der Waals surface area contributed by atoms with E-state index in [-0.39, 0.29) is 5.16 Å². The molecule has 2 rings (SSSR count). The summed E-state index contributed by atoms with van der Waals surface area (Å²) < 4.78 is 23.8. The van der Waals surface area contributed by atoms with Crippen molar-refractivity contribution in [3.8, 4) is 11.4 Å². The first-order valence-electron chi connectivity index (χ1n) is 4.99. The van der Waals surface area contributed by atoms with Crippen LogP contribution in [-0.4, -0.2) is 23.2 Å². The van der Waals surface area contributed by atoms with Gasteiger partial charge in [0.25, 0.3) is 15.2 Å². The van der Waals surface area contributed by atoms with Gasteiger partial charge in [0.1, 0.15) is 0 Å². The second-order valence-electron chi connectivity index (χ2n) is 3.93. The van der Waals surface area contributed by atoms with Gasteiger partial charge >= 0.3 is 0 Å². The summed E-state index contributed by atoms with van der Waals surface area (Å²) >= 11 is 5.95. The second kappa shape index (κ2) is 4.34. The van der Waals surface area contributed by atoms with Crippen LogP contribution in [0.15, 0.2) is 23.4 Å². The molecule has 1 heterocycles. The lowest BCUT2D eigenvalue weighted by atomic mass is 10.1. The molecule has 0 spiro atoms. The molecule has 0 aliphatic carbocycles. The summed E-state index contributed by atoms with van der Waals surface area (Å²) in [5.41, 5.74) is 1.63. The number of benzene rings is 1. The summed E-state index contributed by atoms with van der Waals surface area (Å²) in [6, 6.07) is 5.32. The molecule has 18 heavy (non-hydrogen) atoms. The van der Waals surface area contributed by atoms with Gasteiger partial charge in [-0.3, -0.25) is 4.57 Å². The van der Waals surface area contributed by atoms with E-state index < -0.39 is 10.0 Å². The molecule has 96 valence electrons. The quantitative estimate of drug-likeness (QED) is 0.894. The number of halogens is 1. The van der Waals surface area contributed by atoms with E-state index in [0.717, 1.165) is 5.56 Å². The zero-order valence-electron chi connectivity index (χ0n) is 9.75. The number of primary sulfonamides is 1. The highest BCUT2D eigenvalue weighted by Gasteiger charge is 2.19. The van der Waals surface area contributed by atoms with Crippen LogP contribution in [-0.2, 0) is 17.1 Å². The molecule has 0 unspecified atom stereocenters. The number of nitrogens with zero attached hydrogens (tertiary/aromatic N) is 3. The maximum Gasteiger partial charge on any atom is 0.273 e. The standard InChI is InChI=1S/C10H11ClN4O2S/c1-6-3-7(5-8(11)4-6)9-13-14-10(15(9)2)18(12,16)17/h3-5H,1-2H3,(H2,12,16,17). The first-order valence-corrected chi connectivity index (χ1v) is 6.91. The number of aryl methyl sites for hydroxylation is 1. The molecule has 2 N–H and O–H groups in total. The Labute approximate surface area is 109 Å². The Kier molecular flexibility index (Phi) is 3.14. The number of nitrogens with two attached hydrogens (primary N) is 1. The predicted molar refractivity (Wildman–Crippen MR) is 67.6 cm³/mol. The van der Waals surface area contributed by atoms with Crippen molar-refractivity contribution in [2.75, 3.05) is 0 Å². The van der Waals surface area contributed by atoms with Crippen LogP contribution < -0.4 is 5.14 Å². The number of hydrogen-bond acceptors (Lipinski definition) is 4. The van der Waals surface area contributed by atoms with E-state index in [4.69, 9.17) is 16.7 Å². The van der Waals surface area contributed by atoms with Crippen molar-refractivity contribution in [1.29, 1.82) is 0 Å². The topological polar surface area (TPSA) is 90.9 Å². The van der Waals surface area contributed by atoms with Crippen LogP contribution >= 0.6 is 11.6 Å². The largest absolute Gasteiger partial charge is 0.300 e. The summed E-state index contributed by atoms with van der Waals surface area (Å²) in [4.78, 5) is 0. The van der Waals surface area contributed by atoms with Crippen molar-refractivity contribution in [1.82, 2.24) is 14.8 Å². The van der Waals surface area contributed by atoms with Crippen molar-refractivity contribution in [2.45, 2.75) is 12.1 Å². The van der Waals surface area contributed by atoms with Gasteiger partial charge < -0.3 is 0 Å². The monoisotopic (exact) mass is 286 g/mol. The average Bonchev–Trinajstić information content (AvgIpc) is 2.57. The Bertz CT molecular complexity index is 688. The van der Waals surface area contributed by atoms with Gasteiger partial charge in [-0.1, -0.05) is 11.6 Å². The lowest BCUT2D eigenvalue weighted by molar-refractivity contribution is 0.580. The summed E-state index contributed by atoms with van der Waals surface area (Å²) in [5.74, 6) is 0.393. The fraction of sp³-hybridized carbons (Fsp3) is 0.200. The van der Waals surface area contributed by atoms with E-state index in [9.17, 15) is 8.42 Å². The molecular formula is C10H11ClN4O2S. The SMILES string of the molecule is Cc1cc(Cl)cc(-c2nnc(S(N)(=O)=O)n2C)c1. The second-order valence-corrected chi connectivity index (χ2v) is 5.82. The molecule has 6 nitrogen and oxygen atoms in total. The predicted octanol–water partition coefficient (Wildman–Crippen LogP) is 1.09. The highest BCUT2D eigenvalue weighted by Crippen LogP contribution is 2.23. The molecule has 0 fully saturated rings. The molecule has 0 saturated heterocycles. The lowest BCUT2D eigenvalue weighted by Gasteiger charge is -2.04. The highest BCUT2D eigenvalue weighted by molar-refractivity contribution is 7.89. The minimum atomic E-state index is -3.88. The van der Waals surface area contributed by atoms with E-state index in [1.165, 1.54) is 11.6 Å². The first-order chi connectivity index (χ1) is 8.29. The van der Waals surface area contributed by atoms with Crippen molar-refractivity contribution >= 4 is 21.6 Å². The molecule has 0 aliphatic rings. The van der Waals surface area contributed by atoms with Gasteiger partial charge in [0.15, 0.2) is 5.82 Å². The van der Waals surface area contributed by atoms with Crippen molar-refractivity contribution < 1.29 is 8.42 Å². The van der Waals surface area contributed by atoms with Gasteiger partial charge in [-0.05, 0) is 30.7 Å². The van der Waals surface area contributed by atoms with E-state index in [1.807, 2.05) is 13.0 Å². The summed E-state index contributed by atoms with van der Waals surface area (Å²) in [6.07, 6.45) is 0. The molecule has 0 radical (unpaired) electrons. The molecule has 0 aliphatic heterocycles. The normalized spacial score (nSPS) is 11.8. The Morgan fingerprint density at radius 1 is 1.28 bits per heavy atom. The van der Waals surface area contributed by atoms with E-state index in [1.54, 1.807) is 12.1 Å². The van der Waals surface area contributed by atoms with Gasteiger partial charge in [0.2, 0.25) is 0 Å². The smallest absolute Gasteiger partial charge is 0.273 e. The third kappa shape index (κ3) is 2.38. The van der Waals surface area contributed by atoms with Crippen LogP contribution in [0.5, 0.6) is 0 Å².